The number of aromatic nitrogens is 4. The molecule has 0 fully saturated rings. The molecule has 6 heteroatoms. The fourth-order valence-electron chi connectivity index (χ4n) is 14.3. The molecule has 1 spiro atoms. The molecule has 0 atom stereocenters. The third-order valence-electron chi connectivity index (χ3n) is 17.5. The second-order valence-electron chi connectivity index (χ2n) is 21.1. The molecule has 0 amide bonds. The highest BCUT2D eigenvalue weighted by molar-refractivity contribution is 8.21. The van der Waals surface area contributed by atoms with Crippen molar-refractivity contribution in [3.05, 3.63) is 267 Å². The first-order chi connectivity index (χ1) is 38.5. The zero-order chi connectivity index (χ0) is 51.0. The first kappa shape index (κ1) is 42.2. The predicted molar refractivity (Wildman–Crippen MR) is 322 cm³/mol. The molecule has 0 N–H and O–H groups in total. The van der Waals surface area contributed by atoms with Crippen LogP contribution in [0.15, 0.2) is 287 Å². The van der Waals surface area contributed by atoms with Crippen LogP contribution in [-0.2, 0) is 9.07 Å². The van der Waals surface area contributed by atoms with Gasteiger partial charge in [-0.05, 0) is 121 Å². The molecule has 0 saturated heterocycles. The first-order valence-electron chi connectivity index (χ1n) is 26.7. The Labute approximate surface area is 447 Å². The minimum atomic E-state index is -4.45. The highest BCUT2D eigenvalue weighted by atomic mass is 32.3. The summed E-state index contributed by atoms with van der Waals surface area (Å²) >= 11 is 0. The van der Waals surface area contributed by atoms with Gasteiger partial charge >= 0.3 is 0 Å². The van der Waals surface area contributed by atoms with Crippen LogP contribution in [0.2, 0.25) is 0 Å². The van der Waals surface area contributed by atoms with E-state index >= 15 is 4.21 Å². The standard InChI is InChI=1S/C72H44N4OS/c77-78(69-37-33-45(73-61-25-9-1-17-49(61)50-18-2-10-26-62(50)73)41-57(69)58-42-46(34-38-70(58)78)74-63-27-11-3-19-51(63)52-20-4-12-28-64(52)74)71-39-35-47(75-65-29-13-5-21-53(65)54-22-6-14-30-66(54)75)43-59(71)60-44-48(36-40-72(60)78)76-67-31-15-7-23-55(67)56-24-8-16-32-68(56)76/h1-44H. The smallest absolute Gasteiger partial charge is 0.0541 e. The normalized spacial score (nSPS) is 14.5. The van der Waals surface area contributed by atoms with Crippen molar-refractivity contribution in [2.45, 2.75) is 19.6 Å². The van der Waals surface area contributed by atoms with Gasteiger partial charge in [-0.15, -0.1) is 0 Å². The lowest BCUT2D eigenvalue weighted by Crippen LogP contribution is -2.30. The number of benzene rings is 12. The van der Waals surface area contributed by atoms with E-state index in [-0.39, 0.29) is 0 Å². The van der Waals surface area contributed by atoms with Gasteiger partial charge in [-0.1, -0.05) is 146 Å². The van der Waals surface area contributed by atoms with E-state index in [0.29, 0.717) is 0 Å². The van der Waals surface area contributed by atoms with Gasteiger partial charge in [-0.25, -0.2) is 0 Å². The van der Waals surface area contributed by atoms with Crippen molar-refractivity contribution < 1.29 is 4.21 Å². The monoisotopic (exact) mass is 1010 g/mol. The van der Waals surface area contributed by atoms with E-state index in [9.17, 15) is 0 Å². The molecule has 0 aliphatic carbocycles. The number of hydrogen-bond donors (Lipinski definition) is 0. The molecule has 0 radical (unpaired) electrons. The number of rotatable bonds is 4. The fraction of sp³-hybridized carbons (Fsp3) is 0. The molecule has 0 unspecified atom stereocenters. The molecule has 0 saturated carbocycles. The van der Waals surface area contributed by atoms with Crippen LogP contribution in [0.4, 0.5) is 0 Å². The van der Waals surface area contributed by atoms with Crippen molar-refractivity contribution in [2.24, 2.45) is 0 Å². The molecule has 18 rings (SSSR count). The van der Waals surface area contributed by atoms with Crippen LogP contribution < -0.4 is 0 Å². The van der Waals surface area contributed by atoms with Crippen LogP contribution in [0.3, 0.4) is 0 Å². The largest absolute Gasteiger partial charge is 0.309 e. The van der Waals surface area contributed by atoms with E-state index in [2.05, 4.69) is 285 Å². The van der Waals surface area contributed by atoms with Crippen LogP contribution in [0.1, 0.15) is 0 Å². The summed E-state index contributed by atoms with van der Waals surface area (Å²) in [4.78, 5) is 3.33. The van der Waals surface area contributed by atoms with Gasteiger partial charge in [0.25, 0.3) is 0 Å². The molecule has 4 aromatic heterocycles. The molecule has 16 aromatic rings. The maximum absolute atomic E-state index is 18.9. The van der Waals surface area contributed by atoms with Crippen LogP contribution in [0.5, 0.6) is 0 Å². The maximum atomic E-state index is 18.9. The molecule has 12 aromatic carbocycles. The summed E-state index contributed by atoms with van der Waals surface area (Å²) < 4.78 is 28.5. The van der Waals surface area contributed by atoms with Gasteiger partial charge in [0.2, 0.25) is 0 Å². The fourth-order valence-corrected chi connectivity index (χ4v) is 19.4. The Bertz CT molecular complexity index is 4540. The van der Waals surface area contributed by atoms with Crippen molar-refractivity contribution >= 4 is 96.3 Å². The molecule has 2 aliphatic heterocycles. The molecule has 78 heavy (non-hydrogen) atoms. The number of fused-ring (bicyclic) bond motifs is 22. The van der Waals surface area contributed by atoms with Gasteiger partial charge in [-0.3, -0.25) is 4.21 Å². The van der Waals surface area contributed by atoms with Gasteiger partial charge in [0.15, 0.2) is 0 Å². The van der Waals surface area contributed by atoms with Crippen molar-refractivity contribution in [3.63, 3.8) is 0 Å². The quantitative estimate of drug-likeness (QED) is 0.173. The lowest BCUT2D eigenvalue weighted by molar-refractivity contribution is 0.658. The second-order valence-corrected chi connectivity index (χ2v) is 24.8. The Morgan fingerprint density at radius 2 is 0.372 bits per heavy atom. The summed E-state index contributed by atoms with van der Waals surface area (Å²) in [6.07, 6.45) is 0. The first-order valence-corrected chi connectivity index (χ1v) is 28.7. The summed E-state index contributed by atoms with van der Waals surface area (Å²) in [6, 6.07) is 96.5. The van der Waals surface area contributed by atoms with Crippen molar-refractivity contribution in [1.29, 1.82) is 0 Å². The molecular formula is C72H44N4OS. The van der Waals surface area contributed by atoms with Gasteiger partial charge in [0.1, 0.15) is 0 Å². The summed E-state index contributed by atoms with van der Waals surface area (Å²) in [5.41, 5.74) is 17.0. The summed E-state index contributed by atoms with van der Waals surface area (Å²) in [5, 5.41) is 9.58. The highest BCUT2D eigenvalue weighted by Crippen LogP contribution is 2.71. The summed E-state index contributed by atoms with van der Waals surface area (Å²) in [7, 11) is -4.45. The van der Waals surface area contributed by atoms with Crippen molar-refractivity contribution in [3.8, 4) is 45.0 Å². The Hall–Kier alpha value is -10.0. The minimum absolute atomic E-state index is 0.833. The molecule has 6 heterocycles. The number of para-hydroxylation sites is 8. The SMILES string of the molecule is O=S12(c3ccc(-n4c5ccccc5c5ccccc54)cc3-c3cc(-n4c5ccccc5c5ccccc54)ccc31)c1ccc(-n3c4ccccc4c4ccccc43)cc1-c1cc(-n3c4ccccc4c4ccccc43)ccc12. The lowest BCUT2D eigenvalue weighted by atomic mass is 10.0. The van der Waals surface area contributed by atoms with E-state index in [4.69, 9.17) is 0 Å². The van der Waals surface area contributed by atoms with Gasteiger partial charge < -0.3 is 18.3 Å². The van der Waals surface area contributed by atoms with E-state index in [1.807, 2.05) is 0 Å². The van der Waals surface area contributed by atoms with Gasteiger partial charge in [0.05, 0.1) is 44.1 Å². The minimum Gasteiger partial charge on any atom is -0.309 e. The highest BCUT2D eigenvalue weighted by Gasteiger charge is 2.58. The topological polar surface area (TPSA) is 36.8 Å². The Morgan fingerprint density at radius 1 is 0.205 bits per heavy atom. The third-order valence-corrected chi connectivity index (χ3v) is 22.2. The van der Waals surface area contributed by atoms with E-state index in [1.54, 1.807) is 0 Å². The van der Waals surface area contributed by atoms with Crippen molar-refractivity contribution in [1.82, 2.24) is 18.3 Å². The van der Waals surface area contributed by atoms with Crippen LogP contribution in [-0.4, -0.2) is 22.5 Å². The van der Waals surface area contributed by atoms with E-state index in [0.717, 1.165) is 109 Å². The van der Waals surface area contributed by atoms with Crippen LogP contribution in [0.25, 0.3) is 132 Å². The van der Waals surface area contributed by atoms with E-state index < -0.39 is 9.07 Å². The average Bonchev–Trinajstić information content (AvgIpc) is 4.46. The maximum Gasteiger partial charge on any atom is 0.0541 e. The van der Waals surface area contributed by atoms with E-state index in [1.165, 1.54) is 43.1 Å². The zero-order valence-electron chi connectivity index (χ0n) is 42.0. The Morgan fingerprint density at radius 3 is 0.551 bits per heavy atom. The number of hydrogen-bond acceptors (Lipinski definition) is 1. The summed E-state index contributed by atoms with van der Waals surface area (Å²) in [5.74, 6) is 0. The average molecular weight is 1010 g/mol. The second kappa shape index (κ2) is 14.9. The molecule has 5 nitrogen and oxygen atoms in total. The van der Waals surface area contributed by atoms with Gasteiger partial charge in [-0.2, -0.15) is 0 Å². The molecular weight excluding hydrogens is 969 g/mol. The van der Waals surface area contributed by atoms with Crippen LogP contribution in [0, 0.1) is 0 Å². The zero-order valence-corrected chi connectivity index (χ0v) is 42.8. The Kier molecular flexibility index (Phi) is 8.06. The number of nitrogens with zero attached hydrogens (tertiary/aromatic N) is 4. The molecule has 0 bridgehead atoms. The Balaban J connectivity index is 0.972. The third kappa shape index (κ3) is 5.09. The predicted octanol–water partition coefficient (Wildman–Crippen LogP) is 18.4. The van der Waals surface area contributed by atoms with Crippen LogP contribution >= 0.6 is 0 Å². The lowest BCUT2D eigenvalue weighted by Gasteiger charge is -2.39. The summed E-state index contributed by atoms with van der Waals surface area (Å²) in [6.45, 7) is 0. The van der Waals surface area contributed by atoms with Crippen molar-refractivity contribution in [2.75, 3.05) is 0 Å². The molecule has 2 aliphatic rings. The molecule has 364 valence electrons. The van der Waals surface area contributed by atoms with Gasteiger partial charge in [0, 0.05) is 117 Å².